The zero-order valence-corrected chi connectivity index (χ0v) is 20.0. The second-order valence-electron chi connectivity index (χ2n) is 9.27. The number of fused-ring (bicyclic) bond motifs is 2. The van der Waals surface area contributed by atoms with Crippen LogP contribution in [0.4, 0.5) is 4.79 Å². The Morgan fingerprint density at radius 3 is 2.69 bits per heavy atom. The molecule has 1 aromatic heterocycles. The van der Waals surface area contributed by atoms with Crippen LogP contribution in [0.1, 0.15) is 36.4 Å². The van der Waals surface area contributed by atoms with Gasteiger partial charge in [0.15, 0.2) is 0 Å². The van der Waals surface area contributed by atoms with Crippen LogP contribution in [-0.2, 0) is 15.1 Å². The highest BCUT2D eigenvalue weighted by Gasteiger charge is 2.50. The summed E-state index contributed by atoms with van der Waals surface area (Å²) in [6.45, 7) is 2.00. The quantitative estimate of drug-likeness (QED) is 0.430. The molecule has 4 aromatic rings. The van der Waals surface area contributed by atoms with E-state index in [1.807, 2.05) is 66.7 Å². The Labute approximate surface area is 206 Å². The van der Waals surface area contributed by atoms with Crippen LogP contribution in [0.15, 0.2) is 66.7 Å². The lowest BCUT2D eigenvalue weighted by molar-refractivity contribution is -0.139. The lowest BCUT2D eigenvalue weighted by Crippen LogP contribution is -2.44. The molecule has 0 aliphatic carbocycles. The summed E-state index contributed by atoms with van der Waals surface area (Å²) in [5, 5.41) is 5.76. The Hall–Kier alpha value is -3.78. The third-order valence-electron chi connectivity index (χ3n) is 7.06. The van der Waals surface area contributed by atoms with Crippen LogP contribution < -0.4 is 5.32 Å². The number of para-hydroxylation sites is 1. The molecule has 2 atom stereocenters. The van der Waals surface area contributed by atoms with Gasteiger partial charge in [-0.05, 0) is 54.3 Å². The van der Waals surface area contributed by atoms with Crippen LogP contribution in [0.2, 0.25) is 0 Å². The highest BCUT2D eigenvalue weighted by atomic mass is 32.1. The first kappa shape index (κ1) is 21.7. The van der Waals surface area contributed by atoms with Crippen LogP contribution in [0, 0.1) is 0 Å². The first-order valence-electron chi connectivity index (χ1n) is 11.7. The maximum Gasteiger partial charge on any atom is 0.325 e. The summed E-state index contributed by atoms with van der Waals surface area (Å²) < 4.78 is 1.09. The monoisotopic (exact) mass is 484 g/mol. The van der Waals surface area contributed by atoms with Crippen LogP contribution >= 0.6 is 11.3 Å². The number of nitrogens with one attached hydrogen (secondary N) is 1. The van der Waals surface area contributed by atoms with Crippen molar-refractivity contribution in [1.82, 2.24) is 20.1 Å². The van der Waals surface area contributed by atoms with E-state index >= 15 is 0 Å². The van der Waals surface area contributed by atoms with Gasteiger partial charge in [0, 0.05) is 6.54 Å². The van der Waals surface area contributed by atoms with Crippen LogP contribution in [0.5, 0.6) is 0 Å². The van der Waals surface area contributed by atoms with Gasteiger partial charge < -0.3 is 10.2 Å². The average molecular weight is 485 g/mol. The molecule has 3 aromatic carbocycles. The van der Waals surface area contributed by atoms with Crippen LogP contribution in [-0.4, -0.2) is 45.7 Å². The molecule has 35 heavy (non-hydrogen) atoms. The van der Waals surface area contributed by atoms with Crippen molar-refractivity contribution in [3.8, 4) is 0 Å². The standard InChI is InChI=1S/C27H24N4O3S/c1-27(19-13-12-17-7-2-3-8-18(17)15-19)25(33)31(26(34)29-27)16-23(32)30-14-6-10-21(30)24-28-20-9-4-5-11-22(20)35-24/h2-5,7-9,11-13,15,21H,6,10,14,16H2,1H3,(H,29,34)/t21-,27+/m1/s1. The van der Waals surface area contributed by atoms with Crippen LogP contribution in [0.3, 0.4) is 0 Å². The van der Waals surface area contributed by atoms with Crippen molar-refractivity contribution >= 4 is 50.2 Å². The Kier molecular flexibility index (Phi) is 5.07. The molecular weight excluding hydrogens is 460 g/mol. The summed E-state index contributed by atoms with van der Waals surface area (Å²) >= 11 is 1.59. The molecule has 2 saturated heterocycles. The van der Waals surface area contributed by atoms with E-state index in [1.165, 1.54) is 0 Å². The molecule has 3 heterocycles. The van der Waals surface area contributed by atoms with Gasteiger partial charge in [-0.25, -0.2) is 9.78 Å². The van der Waals surface area contributed by atoms with E-state index in [-0.39, 0.29) is 18.5 Å². The Morgan fingerprint density at radius 2 is 1.86 bits per heavy atom. The zero-order valence-electron chi connectivity index (χ0n) is 19.2. The fourth-order valence-electron chi connectivity index (χ4n) is 5.12. The van der Waals surface area contributed by atoms with Gasteiger partial charge in [-0.2, -0.15) is 0 Å². The molecule has 8 heteroatoms. The largest absolute Gasteiger partial charge is 0.332 e. The molecule has 176 valence electrons. The van der Waals surface area contributed by atoms with E-state index in [0.717, 1.165) is 43.7 Å². The van der Waals surface area contributed by atoms with Crippen molar-refractivity contribution in [3.63, 3.8) is 0 Å². The number of carbonyl (C=O) groups is 3. The average Bonchev–Trinajstić information content (AvgIpc) is 3.57. The zero-order chi connectivity index (χ0) is 24.2. The second kappa shape index (κ2) is 8.16. The number of benzene rings is 3. The van der Waals surface area contributed by atoms with Crippen LogP contribution in [0.25, 0.3) is 21.0 Å². The predicted octanol–water partition coefficient (Wildman–Crippen LogP) is 4.58. The summed E-state index contributed by atoms with van der Waals surface area (Å²) in [4.78, 5) is 47.2. The number of imide groups is 1. The van der Waals surface area contributed by atoms with Gasteiger partial charge in [-0.1, -0.05) is 48.5 Å². The van der Waals surface area contributed by atoms with E-state index in [1.54, 1.807) is 23.2 Å². The number of hydrogen-bond acceptors (Lipinski definition) is 5. The number of rotatable bonds is 4. The lowest BCUT2D eigenvalue weighted by Gasteiger charge is -2.26. The number of hydrogen-bond donors (Lipinski definition) is 1. The van der Waals surface area contributed by atoms with Crippen molar-refractivity contribution in [1.29, 1.82) is 0 Å². The van der Waals surface area contributed by atoms with E-state index < -0.39 is 17.5 Å². The number of urea groups is 1. The normalized spacial score (nSPS) is 22.4. The van der Waals surface area contributed by atoms with Crippen molar-refractivity contribution in [2.45, 2.75) is 31.3 Å². The molecule has 2 fully saturated rings. The SMILES string of the molecule is C[C@@]1(c2ccc3ccccc3c2)NC(=O)N(CC(=O)N2CCC[C@@H]2c2nc3ccccc3s2)C1=O. The van der Waals surface area contributed by atoms with Gasteiger partial charge >= 0.3 is 6.03 Å². The van der Waals surface area contributed by atoms with Crippen molar-refractivity contribution < 1.29 is 14.4 Å². The van der Waals surface area contributed by atoms with E-state index in [0.29, 0.717) is 12.1 Å². The molecule has 0 saturated carbocycles. The third kappa shape index (κ3) is 3.56. The van der Waals surface area contributed by atoms with Crippen molar-refractivity contribution in [3.05, 3.63) is 77.3 Å². The molecule has 0 bridgehead atoms. The highest BCUT2D eigenvalue weighted by Crippen LogP contribution is 2.37. The molecule has 2 aliphatic heterocycles. The number of aromatic nitrogens is 1. The van der Waals surface area contributed by atoms with Gasteiger partial charge in [0.25, 0.3) is 5.91 Å². The fraction of sp³-hybridized carbons (Fsp3) is 0.259. The minimum Gasteiger partial charge on any atom is -0.332 e. The summed E-state index contributed by atoms with van der Waals surface area (Å²) in [5.74, 6) is -0.653. The molecule has 6 rings (SSSR count). The molecular formula is C27H24N4O3S. The summed E-state index contributed by atoms with van der Waals surface area (Å²) in [5.41, 5.74) is 0.392. The number of likely N-dealkylation sites (tertiary alicyclic amines) is 1. The predicted molar refractivity (Wildman–Crippen MR) is 135 cm³/mol. The maximum absolute atomic E-state index is 13.5. The Balaban J connectivity index is 1.23. The first-order valence-corrected chi connectivity index (χ1v) is 12.5. The fourth-order valence-corrected chi connectivity index (χ4v) is 6.23. The van der Waals surface area contributed by atoms with E-state index in [9.17, 15) is 14.4 Å². The first-order chi connectivity index (χ1) is 16.9. The van der Waals surface area contributed by atoms with Gasteiger partial charge in [0.05, 0.1) is 16.3 Å². The topological polar surface area (TPSA) is 82.6 Å². The Bertz CT molecular complexity index is 1470. The minimum absolute atomic E-state index is 0.132. The molecule has 7 nitrogen and oxygen atoms in total. The molecule has 4 amide bonds. The minimum atomic E-state index is -1.22. The summed E-state index contributed by atoms with van der Waals surface area (Å²) in [6.07, 6.45) is 1.68. The molecule has 0 unspecified atom stereocenters. The number of carbonyl (C=O) groups excluding carboxylic acids is 3. The second-order valence-corrected chi connectivity index (χ2v) is 10.3. The molecule has 2 aliphatic rings. The third-order valence-corrected chi connectivity index (χ3v) is 8.20. The number of nitrogens with zero attached hydrogens (tertiary/aromatic N) is 3. The van der Waals surface area contributed by atoms with Gasteiger partial charge in [0.1, 0.15) is 17.1 Å². The van der Waals surface area contributed by atoms with Gasteiger partial charge in [-0.3, -0.25) is 14.5 Å². The lowest BCUT2D eigenvalue weighted by atomic mass is 9.90. The molecule has 0 radical (unpaired) electrons. The van der Waals surface area contributed by atoms with Crippen molar-refractivity contribution in [2.24, 2.45) is 0 Å². The highest BCUT2D eigenvalue weighted by molar-refractivity contribution is 7.18. The summed E-state index contributed by atoms with van der Waals surface area (Å²) in [7, 11) is 0. The van der Waals surface area contributed by atoms with E-state index in [4.69, 9.17) is 4.98 Å². The smallest absolute Gasteiger partial charge is 0.325 e. The van der Waals surface area contributed by atoms with Crippen molar-refractivity contribution in [2.75, 3.05) is 13.1 Å². The van der Waals surface area contributed by atoms with E-state index in [2.05, 4.69) is 5.32 Å². The van der Waals surface area contributed by atoms with Gasteiger partial charge in [-0.15, -0.1) is 11.3 Å². The number of thiazole rings is 1. The van der Waals surface area contributed by atoms with Gasteiger partial charge in [0.2, 0.25) is 5.91 Å². The molecule has 0 spiro atoms. The number of amides is 4. The Morgan fingerprint density at radius 1 is 1.09 bits per heavy atom. The summed E-state index contributed by atoms with van der Waals surface area (Å²) in [6, 6.07) is 20.8. The molecule has 1 N–H and O–H groups in total. The maximum atomic E-state index is 13.5.